The van der Waals surface area contributed by atoms with Gasteiger partial charge in [-0.1, -0.05) is 0 Å². The summed E-state index contributed by atoms with van der Waals surface area (Å²) in [6, 6.07) is 1.66. The number of hydrogen-bond acceptors (Lipinski definition) is 4. The van der Waals surface area contributed by atoms with Crippen LogP contribution in [0.4, 0.5) is 11.6 Å². The maximum atomic E-state index is 12.0. The minimum absolute atomic E-state index is 0.224. The summed E-state index contributed by atoms with van der Waals surface area (Å²) in [5, 5.41) is 5.75. The highest BCUT2D eigenvalue weighted by molar-refractivity contribution is 6.07. The van der Waals surface area contributed by atoms with E-state index >= 15 is 0 Å². The van der Waals surface area contributed by atoms with Crippen LogP contribution in [0.5, 0.6) is 0 Å². The lowest BCUT2D eigenvalue weighted by molar-refractivity contribution is 0.102. The molecule has 0 aliphatic carbocycles. The second-order valence-electron chi connectivity index (χ2n) is 3.34. The molecule has 1 amide bonds. The molecular formula is C11H13N5O. The summed E-state index contributed by atoms with van der Waals surface area (Å²) in [5.41, 5.74) is 1.25. The van der Waals surface area contributed by atoms with Crippen LogP contribution in [0, 0.1) is 0 Å². The molecule has 88 valence electrons. The molecule has 0 aliphatic heterocycles. The molecule has 0 atom stereocenters. The van der Waals surface area contributed by atoms with Crippen molar-refractivity contribution in [3.63, 3.8) is 0 Å². The molecule has 0 saturated heterocycles. The molecule has 0 saturated carbocycles. The quantitative estimate of drug-likeness (QED) is 0.744. The Morgan fingerprint density at radius 1 is 1.47 bits per heavy atom. The largest absolute Gasteiger partial charge is 0.383 e. The van der Waals surface area contributed by atoms with Crippen molar-refractivity contribution in [3.05, 3.63) is 36.4 Å². The van der Waals surface area contributed by atoms with Gasteiger partial charge >= 0.3 is 0 Å². The lowest BCUT2D eigenvalue weighted by Crippen LogP contribution is -2.15. The average molecular weight is 231 g/mol. The van der Waals surface area contributed by atoms with Gasteiger partial charge in [-0.3, -0.25) is 15.1 Å². The molecule has 3 N–H and O–H groups in total. The zero-order valence-corrected chi connectivity index (χ0v) is 9.40. The molecule has 0 bridgehead atoms. The van der Waals surface area contributed by atoms with Gasteiger partial charge in [0.25, 0.3) is 5.91 Å². The molecule has 6 nitrogen and oxygen atoms in total. The van der Waals surface area contributed by atoms with Crippen molar-refractivity contribution in [2.45, 2.75) is 6.92 Å². The number of nitrogens with zero attached hydrogens (tertiary/aromatic N) is 2. The number of hydrogen-bond donors (Lipinski definition) is 3. The highest BCUT2D eigenvalue weighted by atomic mass is 16.1. The molecule has 0 fully saturated rings. The van der Waals surface area contributed by atoms with E-state index in [2.05, 4.69) is 25.6 Å². The van der Waals surface area contributed by atoms with Gasteiger partial charge in [-0.05, 0) is 13.0 Å². The normalized spacial score (nSPS) is 9.94. The van der Waals surface area contributed by atoms with Crippen LogP contribution >= 0.6 is 0 Å². The Morgan fingerprint density at radius 3 is 3.06 bits per heavy atom. The van der Waals surface area contributed by atoms with Crippen LogP contribution < -0.4 is 10.6 Å². The number of aromatic nitrogens is 3. The summed E-state index contributed by atoms with van der Waals surface area (Å²) in [6.45, 7) is 2.69. The van der Waals surface area contributed by atoms with Crippen molar-refractivity contribution in [1.29, 1.82) is 0 Å². The Morgan fingerprint density at radius 2 is 2.35 bits per heavy atom. The van der Waals surface area contributed by atoms with Gasteiger partial charge < -0.3 is 10.3 Å². The number of anilines is 2. The summed E-state index contributed by atoms with van der Waals surface area (Å²) in [6.07, 6.45) is 6.43. The fraction of sp³-hybridized carbons (Fsp3) is 0.182. The van der Waals surface area contributed by atoms with Gasteiger partial charge in [-0.15, -0.1) is 0 Å². The SMILES string of the molecule is CCNc1cnccc1C(=O)Nc1ncc[nH]1. The fourth-order valence-electron chi connectivity index (χ4n) is 1.43. The number of imidazole rings is 1. The van der Waals surface area contributed by atoms with Crippen molar-refractivity contribution in [2.24, 2.45) is 0 Å². The number of amides is 1. The minimum Gasteiger partial charge on any atom is -0.383 e. The second kappa shape index (κ2) is 5.11. The predicted molar refractivity (Wildman–Crippen MR) is 64.9 cm³/mol. The fourth-order valence-corrected chi connectivity index (χ4v) is 1.43. The zero-order chi connectivity index (χ0) is 12.1. The summed E-state index contributed by atoms with van der Waals surface area (Å²) in [5.74, 6) is 0.201. The van der Waals surface area contributed by atoms with E-state index in [9.17, 15) is 4.79 Å². The van der Waals surface area contributed by atoms with Gasteiger partial charge in [-0.25, -0.2) is 4.98 Å². The van der Waals surface area contributed by atoms with E-state index in [1.165, 1.54) is 0 Å². The minimum atomic E-state index is -0.224. The standard InChI is InChI=1S/C11H13N5O/c1-2-13-9-7-12-4-3-8(9)10(17)16-11-14-5-6-15-11/h3-7,13H,2H2,1H3,(H2,14,15,16,17). The lowest BCUT2D eigenvalue weighted by atomic mass is 10.2. The molecule has 2 aromatic heterocycles. The highest BCUT2D eigenvalue weighted by Gasteiger charge is 2.11. The number of H-pyrrole nitrogens is 1. The van der Waals surface area contributed by atoms with Crippen molar-refractivity contribution >= 4 is 17.5 Å². The van der Waals surface area contributed by atoms with E-state index < -0.39 is 0 Å². The molecule has 0 unspecified atom stereocenters. The zero-order valence-electron chi connectivity index (χ0n) is 9.40. The van der Waals surface area contributed by atoms with E-state index in [-0.39, 0.29) is 5.91 Å². The first-order chi connectivity index (χ1) is 8.31. The summed E-state index contributed by atoms with van der Waals surface area (Å²) in [4.78, 5) is 22.7. The van der Waals surface area contributed by atoms with Gasteiger partial charge in [0.15, 0.2) is 0 Å². The summed E-state index contributed by atoms with van der Waals surface area (Å²) in [7, 11) is 0. The Balaban J connectivity index is 2.18. The van der Waals surface area contributed by atoms with E-state index in [0.717, 1.165) is 6.54 Å². The smallest absolute Gasteiger partial charge is 0.260 e. The first-order valence-corrected chi connectivity index (χ1v) is 5.30. The van der Waals surface area contributed by atoms with Crippen molar-refractivity contribution in [1.82, 2.24) is 15.0 Å². The molecule has 2 aromatic rings. The maximum Gasteiger partial charge on any atom is 0.260 e. The topological polar surface area (TPSA) is 82.7 Å². The molecular weight excluding hydrogens is 218 g/mol. The van der Waals surface area contributed by atoms with Crippen molar-refractivity contribution < 1.29 is 4.79 Å². The lowest BCUT2D eigenvalue weighted by Gasteiger charge is -2.08. The Kier molecular flexibility index (Phi) is 3.34. The summed E-state index contributed by atoms with van der Waals surface area (Å²) >= 11 is 0. The monoisotopic (exact) mass is 231 g/mol. The van der Waals surface area contributed by atoms with Crippen molar-refractivity contribution in [3.8, 4) is 0 Å². The van der Waals surface area contributed by atoms with Gasteiger partial charge in [0.05, 0.1) is 17.4 Å². The van der Waals surface area contributed by atoms with E-state index in [4.69, 9.17) is 0 Å². The summed E-state index contributed by atoms with van der Waals surface area (Å²) < 4.78 is 0. The molecule has 6 heteroatoms. The van der Waals surface area contributed by atoms with Crippen molar-refractivity contribution in [2.75, 3.05) is 17.2 Å². The van der Waals surface area contributed by atoms with E-state index in [0.29, 0.717) is 17.2 Å². The van der Waals surface area contributed by atoms with Gasteiger partial charge in [-0.2, -0.15) is 0 Å². The number of rotatable bonds is 4. The van der Waals surface area contributed by atoms with Gasteiger partial charge in [0, 0.05) is 25.1 Å². The van der Waals surface area contributed by atoms with Crippen LogP contribution in [0.3, 0.4) is 0 Å². The molecule has 0 radical (unpaired) electrons. The van der Waals surface area contributed by atoms with E-state index in [1.54, 1.807) is 30.9 Å². The number of aromatic amines is 1. The average Bonchev–Trinajstić information content (AvgIpc) is 2.83. The van der Waals surface area contributed by atoms with Gasteiger partial charge in [0.1, 0.15) is 0 Å². The Labute approximate surface area is 98.5 Å². The third kappa shape index (κ3) is 2.60. The number of carbonyl (C=O) groups is 1. The third-order valence-corrected chi connectivity index (χ3v) is 2.16. The first kappa shape index (κ1) is 11.1. The first-order valence-electron chi connectivity index (χ1n) is 5.30. The molecule has 17 heavy (non-hydrogen) atoms. The molecule has 2 heterocycles. The molecule has 0 spiro atoms. The number of carbonyl (C=O) groups excluding carboxylic acids is 1. The van der Waals surface area contributed by atoms with Crippen LogP contribution in [0.25, 0.3) is 0 Å². The molecule has 0 aromatic carbocycles. The highest BCUT2D eigenvalue weighted by Crippen LogP contribution is 2.14. The Hall–Kier alpha value is -2.37. The predicted octanol–water partition coefficient (Wildman–Crippen LogP) is 1.49. The second-order valence-corrected chi connectivity index (χ2v) is 3.34. The van der Waals surface area contributed by atoms with Crippen LogP contribution in [0.1, 0.15) is 17.3 Å². The van der Waals surface area contributed by atoms with Crippen LogP contribution in [-0.4, -0.2) is 27.4 Å². The maximum absolute atomic E-state index is 12.0. The van der Waals surface area contributed by atoms with E-state index in [1.807, 2.05) is 6.92 Å². The van der Waals surface area contributed by atoms with Crippen LogP contribution in [0.15, 0.2) is 30.9 Å². The van der Waals surface area contributed by atoms with Crippen LogP contribution in [-0.2, 0) is 0 Å². The van der Waals surface area contributed by atoms with Gasteiger partial charge in [0.2, 0.25) is 5.95 Å². The molecule has 0 aliphatic rings. The Bertz CT molecular complexity index is 494. The van der Waals surface area contributed by atoms with Crippen LogP contribution in [0.2, 0.25) is 0 Å². The third-order valence-electron chi connectivity index (χ3n) is 2.16. The molecule has 2 rings (SSSR count). The number of pyridine rings is 1. The number of nitrogens with one attached hydrogen (secondary N) is 3.